The van der Waals surface area contributed by atoms with Gasteiger partial charge in [-0.15, -0.1) is 0 Å². The molecule has 214 valence electrons. The molecule has 0 bridgehead atoms. The highest BCUT2D eigenvalue weighted by Crippen LogP contribution is 2.60. The zero-order chi connectivity index (χ0) is 30.2. The van der Waals surface area contributed by atoms with Crippen LogP contribution in [-0.2, 0) is 10.8 Å². The van der Waals surface area contributed by atoms with Gasteiger partial charge in [0.1, 0.15) is 0 Å². The molecular weight excluding hydrogens is 543 g/mol. The van der Waals surface area contributed by atoms with Crippen molar-refractivity contribution in [3.05, 3.63) is 150 Å². The SMILES string of the molecule is CC1(C)c2cccc3c2N2c4c(cc(-n5c6ccccc6c6ccccc65)cc4C(C)(C)c4cccc1c42)B3c1ccccc1. The predicted octanol–water partition coefficient (Wildman–Crippen LogP) is 8.36. The van der Waals surface area contributed by atoms with Crippen LogP contribution in [0.15, 0.2) is 127 Å². The minimum absolute atomic E-state index is 0.109. The number of fused-ring (bicyclic) bond motifs is 3. The van der Waals surface area contributed by atoms with Crippen LogP contribution in [0.1, 0.15) is 49.9 Å². The van der Waals surface area contributed by atoms with Crippen molar-refractivity contribution in [1.82, 2.24) is 4.57 Å². The first-order valence-electron chi connectivity index (χ1n) is 16.2. The van der Waals surface area contributed by atoms with Crippen molar-refractivity contribution in [2.75, 3.05) is 4.90 Å². The van der Waals surface area contributed by atoms with E-state index < -0.39 is 0 Å². The fraction of sp³-hybridized carbons (Fsp3) is 0.143. The second-order valence-corrected chi connectivity index (χ2v) is 14.2. The second-order valence-electron chi connectivity index (χ2n) is 14.2. The fourth-order valence-corrected chi connectivity index (χ4v) is 9.06. The van der Waals surface area contributed by atoms with E-state index >= 15 is 0 Å². The van der Waals surface area contributed by atoms with Gasteiger partial charge in [0.05, 0.1) is 16.7 Å². The molecule has 3 aliphatic rings. The topological polar surface area (TPSA) is 8.17 Å². The molecule has 0 saturated heterocycles. The first-order valence-corrected chi connectivity index (χ1v) is 16.2. The lowest BCUT2D eigenvalue weighted by Crippen LogP contribution is -2.60. The summed E-state index contributed by atoms with van der Waals surface area (Å²) in [5, 5.41) is 2.59. The van der Waals surface area contributed by atoms with E-state index in [1.807, 2.05) is 0 Å². The van der Waals surface area contributed by atoms with Crippen molar-refractivity contribution in [3.63, 3.8) is 0 Å². The molecule has 0 atom stereocenters. The molecule has 0 aliphatic carbocycles. The first kappa shape index (κ1) is 25.3. The summed E-state index contributed by atoms with van der Waals surface area (Å²) in [5.41, 5.74) is 17.3. The Kier molecular flexibility index (Phi) is 4.71. The van der Waals surface area contributed by atoms with Gasteiger partial charge >= 0.3 is 0 Å². The standard InChI is InChI=1S/C42H33BN2/c1-41(2)30-18-12-19-31-38(30)45-39-32(41)20-13-21-34(39)43(26-14-6-5-7-15-26)35-25-27(24-33(40(35)45)42(31,3)4)44-36-22-10-8-16-28(36)29-17-9-11-23-37(29)44/h5-25H,1-4H3. The molecule has 0 radical (unpaired) electrons. The average Bonchev–Trinajstić information content (AvgIpc) is 3.40. The Morgan fingerprint density at radius 3 is 1.67 bits per heavy atom. The van der Waals surface area contributed by atoms with E-state index in [4.69, 9.17) is 0 Å². The summed E-state index contributed by atoms with van der Waals surface area (Å²) in [6.07, 6.45) is 0. The van der Waals surface area contributed by atoms with Crippen LogP contribution in [0.3, 0.4) is 0 Å². The Bertz CT molecular complexity index is 2340. The summed E-state index contributed by atoms with van der Waals surface area (Å²) in [7, 11) is 0. The van der Waals surface area contributed by atoms with E-state index in [0.717, 1.165) is 0 Å². The quantitative estimate of drug-likeness (QED) is 0.188. The van der Waals surface area contributed by atoms with Gasteiger partial charge in [-0.25, -0.2) is 0 Å². The Hall–Kier alpha value is -5.02. The molecule has 1 aromatic heterocycles. The van der Waals surface area contributed by atoms with Crippen LogP contribution in [0, 0.1) is 0 Å². The van der Waals surface area contributed by atoms with Gasteiger partial charge in [0, 0.05) is 38.7 Å². The Balaban J connectivity index is 1.39. The zero-order valence-electron chi connectivity index (χ0n) is 26.1. The van der Waals surface area contributed by atoms with Gasteiger partial charge in [-0.1, -0.05) is 136 Å². The molecule has 0 N–H and O–H groups in total. The molecule has 0 spiro atoms. The molecule has 3 heteroatoms. The third kappa shape index (κ3) is 3.02. The smallest absolute Gasteiger partial charge is 0.246 e. The number of anilines is 3. The molecule has 6 aromatic carbocycles. The van der Waals surface area contributed by atoms with Gasteiger partial charge < -0.3 is 9.47 Å². The molecule has 0 unspecified atom stereocenters. The van der Waals surface area contributed by atoms with E-state index in [1.54, 1.807) is 0 Å². The Morgan fingerprint density at radius 1 is 0.467 bits per heavy atom. The summed E-state index contributed by atoms with van der Waals surface area (Å²) < 4.78 is 2.50. The van der Waals surface area contributed by atoms with E-state index in [2.05, 4.69) is 165 Å². The summed E-state index contributed by atoms with van der Waals surface area (Å²) in [6, 6.07) is 48.0. The number of rotatable bonds is 2. The van der Waals surface area contributed by atoms with Gasteiger partial charge in [-0.05, 0) is 57.4 Å². The maximum atomic E-state index is 2.66. The summed E-state index contributed by atoms with van der Waals surface area (Å²) in [6.45, 7) is 9.82. The van der Waals surface area contributed by atoms with Crippen LogP contribution in [0.4, 0.5) is 17.1 Å². The van der Waals surface area contributed by atoms with Crippen LogP contribution in [0.2, 0.25) is 0 Å². The summed E-state index contributed by atoms with van der Waals surface area (Å²) >= 11 is 0. The number of nitrogens with zero attached hydrogens (tertiary/aromatic N) is 2. The Morgan fingerprint density at radius 2 is 1.00 bits per heavy atom. The van der Waals surface area contributed by atoms with Gasteiger partial charge in [0.25, 0.3) is 0 Å². The predicted molar refractivity (Wildman–Crippen MR) is 191 cm³/mol. The van der Waals surface area contributed by atoms with Crippen LogP contribution in [0.5, 0.6) is 0 Å². The maximum absolute atomic E-state index is 2.66. The lowest BCUT2D eigenvalue weighted by atomic mass is 9.34. The zero-order valence-corrected chi connectivity index (χ0v) is 26.1. The monoisotopic (exact) mass is 576 g/mol. The molecule has 0 saturated carbocycles. The van der Waals surface area contributed by atoms with Crippen LogP contribution < -0.4 is 21.3 Å². The normalized spacial score (nSPS) is 16.3. The minimum atomic E-state index is -0.193. The highest BCUT2D eigenvalue weighted by molar-refractivity contribution is 6.98. The van der Waals surface area contributed by atoms with Crippen molar-refractivity contribution in [3.8, 4) is 5.69 Å². The summed E-state index contributed by atoms with van der Waals surface area (Å²) in [4.78, 5) is 2.66. The minimum Gasteiger partial charge on any atom is -0.310 e. The average molecular weight is 577 g/mol. The molecule has 2 nitrogen and oxygen atoms in total. The van der Waals surface area contributed by atoms with Crippen LogP contribution in [0.25, 0.3) is 27.5 Å². The molecular formula is C42H33BN2. The summed E-state index contributed by atoms with van der Waals surface area (Å²) in [5.74, 6) is 0. The number of aromatic nitrogens is 1. The second kappa shape index (κ2) is 8.37. The van der Waals surface area contributed by atoms with Gasteiger partial charge in [0.2, 0.25) is 6.71 Å². The number of hydrogen-bond donors (Lipinski definition) is 0. The van der Waals surface area contributed by atoms with E-state index in [1.165, 1.54) is 83.2 Å². The van der Waals surface area contributed by atoms with Crippen molar-refractivity contribution < 1.29 is 0 Å². The number of hydrogen-bond acceptors (Lipinski definition) is 1. The molecule has 10 rings (SSSR count). The number of para-hydroxylation sites is 4. The molecule has 4 heterocycles. The molecule has 0 amide bonds. The molecule has 3 aliphatic heterocycles. The van der Waals surface area contributed by atoms with Crippen molar-refractivity contribution in [1.29, 1.82) is 0 Å². The van der Waals surface area contributed by atoms with Crippen LogP contribution in [-0.4, -0.2) is 11.3 Å². The fourth-order valence-electron chi connectivity index (χ4n) is 9.06. The molecule has 0 fully saturated rings. The molecule has 45 heavy (non-hydrogen) atoms. The van der Waals surface area contributed by atoms with Crippen LogP contribution >= 0.6 is 0 Å². The van der Waals surface area contributed by atoms with Crippen molar-refractivity contribution >= 4 is 62.0 Å². The van der Waals surface area contributed by atoms with Gasteiger partial charge in [0.15, 0.2) is 0 Å². The largest absolute Gasteiger partial charge is 0.310 e. The third-order valence-electron chi connectivity index (χ3n) is 11.2. The lowest BCUT2D eigenvalue weighted by Gasteiger charge is -2.53. The highest BCUT2D eigenvalue weighted by atomic mass is 15.2. The van der Waals surface area contributed by atoms with Gasteiger partial charge in [-0.3, -0.25) is 0 Å². The highest BCUT2D eigenvalue weighted by Gasteiger charge is 2.50. The number of benzene rings is 6. The first-order chi connectivity index (χ1) is 21.9. The van der Waals surface area contributed by atoms with E-state index in [9.17, 15) is 0 Å². The van der Waals surface area contributed by atoms with Crippen molar-refractivity contribution in [2.24, 2.45) is 0 Å². The van der Waals surface area contributed by atoms with Crippen molar-refractivity contribution in [2.45, 2.75) is 38.5 Å². The van der Waals surface area contributed by atoms with Gasteiger partial charge in [-0.2, -0.15) is 0 Å². The Labute approximate surface area is 264 Å². The lowest BCUT2D eigenvalue weighted by molar-refractivity contribution is 0.598. The van der Waals surface area contributed by atoms with E-state index in [-0.39, 0.29) is 17.5 Å². The maximum Gasteiger partial charge on any atom is 0.246 e. The molecule has 7 aromatic rings. The van der Waals surface area contributed by atoms with E-state index in [0.29, 0.717) is 0 Å². The third-order valence-corrected chi connectivity index (χ3v) is 11.2.